The molecule has 1 aromatic carbocycles. The number of hydrogen-bond donors (Lipinski definition) is 1. The van der Waals surface area contributed by atoms with Gasteiger partial charge in [-0.25, -0.2) is 0 Å². The summed E-state index contributed by atoms with van der Waals surface area (Å²) >= 11 is 1.65. The molecule has 1 aliphatic heterocycles. The fraction of sp³-hybridized carbons (Fsp3) is 0.250. The number of benzene rings is 1. The Kier molecular flexibility index (Phi) is 4.21. The molecule has 6 nitrogen and oxygen atoms in total. The summed E-state index contributed by atoms with van der Waals surface area (Å²) in [6, 6.07) is 14.7. The van der Waals surface area contributed by atoms with E-state index in [1.807, 2.05) is 23.6 Å². The van der Waals surface area contributed by atoms with Gasteiger partial charge in [0.25, 0.3) is 0 Å². The number of nitrogens with one attached hydrogen (secondary N) is 1. The van der Waals surface area contributed by atoms with Crippen LogP contribution in [0.25, 0.3) is 17.0 Å². The summed E-state index contributed by atoms with van der Waals surface area (Å²) in [6.45, 7) is 3.06. The highest BCUT2D eigenvalue weighted by Gasteiger charge is 2.17. The SMILES string of the molecule is c1ccc2c(c1)CCN2CCCNc1ccc2nnc(-c3ccsc3)n2n1. The van der Waals surface area contributed by atoms with Crippen molar-refractivity contribution in [2.75, 3.05) is 29.9 Å². The molecule has 0 saturated heterocycles. The number of para-hydroxylation sites is 1. The molecule has 4 heterocycles. The second kappa shape index (κ2) is 7.00. The first-order valence-electron chi connectivity index (χ1n) is 9.20. The van der Waals surface area contributed by atoms with E-state index in [0.717, 1.165) is 55.3 Å². The minimum Gasteiger partial charge on any atom is -0.371 e. The van der Waals surface area contributed by atoms with E-state index in [4.69, 9.17) is 0 Å². The lowest BCUT2D eigenvalue weighted by Gasteiger charge is -2.19. The van der Waals surface area contributed by atoms with Crippen LogP contribution < -0.4 is 10.2 Å². The average molecular weight is 376 g/mol. The monoisotopic (exact) mass is 376 g/mol. The topological polar surface area (TPSA) is 58.3 Å². The molecular formula is C20H20N6S. The lowest BCUT2D eigenvalue weighted by atomic mass is 10.2. The number of rotatable bonds is 6. The van der Waals surface area contributed by atoms with Gasteiger partial charge >= 0.3 is 0 Å². The molecule has 0 unspecified atom stereocenters. The molecule has 4 aromatic rings. The second-order valence-corrected chi connectivity index (χ2v) is 7.45. The minimum atomic E-state index is 0.760. The summed E-state index contributed by atoms with van der Waals surface area (Å²) in [5, 5.41) is 20.7. The molecule has 0 atom stereocenters. The van der Waals surface area contributed by atoms with E-state index in [9.17, 15) is 0 Å². The predicted molar refractivity (Wildman–Crippen MR) is 110 cm³/mol. The zero-order valence-corrected chi connectivity index (χ0v) is 15.7. The molecule has 5 rings (SSSR count). The third kappa shape index (κ3) is 3.14. The summed E-state index contributed by atoms with van der Waals surface area (Å²) in [5.41, 5.74) is 4.66. The van der Waals surface area contributed by atoms with Gasteiger partial charge in [-0.1, -0.05) is 18.2 Å². The highest BCUT2D eigenvalue weighted by Crippen LogP contribution is 2.27. The molecule has 0 bridgehead atoms. The molecule has 27 heavy (non-hydrogen) atoms. The maximum Gasteiger partial charge on any atom is 0.186 e. The maximum absolute atomic E-state index is 4.67. The number of anilines is 2. The van der Waals surface area contributed by atoms with Crippen LogP contribution in [0.15, 0.2) is 53.2 Å². The summed E-state index contributed by atoms with van der Waals surface area (Å²) in [6.07, 6.45) is 2.22. The largest absolute Gasteiger partial charge is 0.371 e. The number of nitrogens with zero attached hydrogens (tertiary/aromatic N) is 5. The zero-order valence-electron chi connectivity index (χ0n) is 14.9. The van der Waals surface area contributed by atoms with Gasteiger partial charge in [-0.3, -0.25) is 0 Å². The fourth-order valence-corrected chi connectivity index (χ4v) is 4.21. The van der Waals surface area contributed by atoms with E-state index in [2.05, 4.69) is 55.2 Å². The van der Waals surface area contributed by atoms with E-state index in [1.165, 1.54) is 11.3 Å². The van der Waals surface area contributed by atoms with Crippen molar-refractivity contribution in [2.24, 2.45) is 0 Å². The Balaban J connectivity index is 1.23. The van der Waals surface area contributed by atoms with Crippen LogP contribution in [0.5, 0.6) is 0 Å². The highest BCUT2D eigenvalue weighted by molar-refractivity contribution is 7.08. The summed E-state index contributed by atoms with van der Waals surface area (Å²) in [5.74, 6) is 1.63. The number of thiophene rings is 1. The second-order valence-electron chi connectivity index (χ2n) is 6.67. The maximum atomic E-state index is 4.67. The van der Waals surface area contributed by atoms with E-state index < -0.39 is 0 Å². The molecule has 0 aliphatic carbocycles. The Bertz CT molecular complexity index is 1060. The lowest BCUT2D eigenvalue weighted by molar-refractivity contribution is 0.770. The smallest absolute Gasteiger partial charge is 0.186 e. The average Bonchev–Trinajstić information content (AvgIpc) is 3.44. The van der Waals surface area contributed by atoms with Crippen molar-refractivity contribution in [3.05, 3.63) is 58.8 Å². The van der Waals surface area contributed by atoms with Crippen LogP contribution in [-0.2, 0) is 6.42 Å². The van der Waals surface area contributed by atoms with Crippen molar-refractivity contribution in [2.45, 2.75) is 12.8 Å². The van der Waals surface area contributed by atoms with Gasteiger partial charge in [-0.15, -0.1) is 15.3 Å². The zero-order chi connectivity index (χ0) is 18.1. The lowest BCUT2D eigenvalue weighted by Crippen LogP contribution is -2.23. The van der Waals surface area contributed by atoms with Crippen LogP contribution in [0.1, 0.15) is 12.0 Å². The van der Waals surface area contributed by atoms with Crippen molar-refractivity contribution in [1.29, 1.82) is 0 Å². The Morgan fingerprint density at radius 3 is 2.96 bits per heavy atom. The van der Waals surface area contributed by atoms with Crippen LogP contribution in [0.2, 0.25) is 0 Å². The van der Waals surface area contributed by atoms with Gasteiger partial charge in [0, 0.05) is 36.3 Å². The Morgan fingerprint density at radius 2 is 2.04 bits per heavy atom. The van der Waals surface area contributed by atoms with Crippen LogP contribution in [0.3, 0.4) is 0 Å². The van der Waals surface area contributed by atoms with Gasteiger partial charge in [0.05, 0.1) is 0 Å². The van der Waals surface area contributed by atoms with E-state index in [1.54, 1.807) is 15.9 Å². The quantitative estimate of drug-likeness (QED) is 0.520. The molecular weight excluding hydrogens is 356 g/mol. The summed E-state index contributed by atoms with van der Waals surface area (Å²) < 4.78 is 1.81. The molecule has 1 N–H and O–H groups in total. The fourth-order valence-electron chi connectivity index (χ4n) is 3.58. The molecule has 1 aliphatic rings. The van der Waals surface area contributed by atoms with Crippen LogP contribution >= 0.6 is 11.3 Å². The number of aromatic nitrogens is 4. The van der Waals surface area contributed by atoms with Gasteiger partial charge < -0.3 is 10.2 Å². The first kappa shape index (κ1) is 16.3. The van der Waals surface area contributed by atoms with Gasteiger partial charge in [0.1, 0.15) is 5.82 Å². The molecule has 0 fully saturated rings. The standard InChI is InChI=1S/C20H20N6S/c1-2-5-17-15(4-1)8-12-25(17)11-3-10-21-18-6-7-19-22-23-20(26(19)24-18)16-9-13-27-14-16/h1-2,4-7,9,13-14H,3,8,10-12H2,(H,21,24). The summed E-state index contributed by atoms with van der Waals surface area (Å²) in [7, 11) is 0. The molecule has 7 heteroatoms. The Hall–Kier alpha value is -2.93. The highest BCUT2D eigenvalue weighted by atomic mass is 32.1. The molecule has 0 spiro atoms. The minimum absolute atomic E-state index is 0.760. The van der Waals surface area contributed by atoms with Crippen LogP contribution in [0, 0.1) is 0 Å². The number of fused-ring (bicyclic) bond motifs is 2. The molecule has 0 radical (unpaired) electrons. The van der Waals surface area contributed by atoms with Gasteiger partial charge in [0.15, 0.2) is 11.5 Å². The molecule has 3 aromatic heterocycles. The van der Waals surface area contributed by atoms with Crippen molar-refractivity contribution < 1.29 is 0 Å². The third-order valence-electron chi connectivity index (χ3n) is 4.94. The molecule has 0 saturated carbocycles. The number of hydrogen-bond acceptors (Lipinski definition) is 6. The van der Waals surface area contributed by atoms with Crippen molar-refractivity contribution in [3.8, 4) is 11.4 Å². The van der Waals surface area contributed by atoms with Gasteiger partial charge in [0.2, 0.25) is 0 Å². The Labute approximate surface area is 161 Å². The normalized spacial score (nSPS) is 13.3. The van der Waals surface area contributed by atoms with Crippen molar-refractivity contribution in [1.82, 2.24) is 19.8 Å². The third-order valence-corrected chi connectivity index (χ3v) is 5.62. The van der Waals surface area contributed by atoms with Crippen LogP contribution in [-0.4, -0.2) is 39.4 Å². The van der Waals surface area contributed by atoms with E-state index >= 15 is 0 Å². The van der Waals surface area contributed by atoms with Crippen molar-refractivity contribution in [3.63, 3.8) is 0 Å². The van der Waals surface area contributed by atoms with E-state index in [-0.39, 0.29) is 0 Å². The van der Waals surface area contributed by atoms with Gasteiger partial charge in [-0.2, -0.15) is 15.9 Å². The summed E-state index contributed by atoms with van der Waals surface area (Å²) in [4.78, 5) is 2.47. The molecule has 136 valence electrons. The van der Waals surface area contributed by atoms with Crippen LogP contribution in [0.4, 0.5) is 11.5 Å². The van der Waals surface area contributed by atoms with Gasteiger partial charge in [-0.05, 0) is 48.1 Å². The molecule has 0 amide bonds. The Morgan fingerprint density at radius 1 is 1.07 bits per heavy atom. The predicted octanol–water partition coefficient (Wildman–Crippen LogP) is 3.72. The first-order chi connectivity index (χ1) is 13.4. The van der Waals surface area contributed by atoms with Crippen molar-refractivity contribution >= 4 is 28.5 Å². The first-order valence-corrected chi connectivity index (χ1v) is 10.1. The van der Waals surface area contributed by atoms with E-state index in [0.29, 0.717) is 0 Å².